The molecule has 7 heteroatoms. The third kappa shape index (κ3) is 2.67. The second-order valence-corrected chi connectivity index (χ2v) is 5.51. The quantitative estimate of drug-likeness (QED) is 0.945. The Labute approximate surface area is 124 Å². The maximum absolute atomic E-state index is 12.8. The average molecular weight is 312 g/mol. The molecule has 0 bridgehead atoms. The number of nitrogens with one attached hydrogen (secondary N) is 1. The summed E-state index contributed by atoms with van der Waals surface area (Å²) in [5, 5.41) is 2.72. The number of amides is 1. The Kier molecular flexibility index (Phi) is 3.58. The molecule has 3 rings (SSSR count). The number of nitrogens with zero attached hydrogens (tertiary/aromatic N) is 1. The van der Waals surface area contributed by atoms with Gasteiger partial charge >= 0.3 is 12.1 Å². The van der Waals surface area contributed by atoms with Gasteiger partial charge in [-0.05, 0) is 36.8 Å². The van der Waals surface area contributed by atoms with Gasteiger partial charge in [0.25, 0.3) is 0 Å². The summed E-state index contributed by atoms with van der Waals surface area (Å²) >= 11 is 0. The van der Waals surface area contributed by atoms with E-state index >= 15 is 0 Å². The molecule has 1 aromatic carbocycles. The maximum Gasteiger partial charge on any atom is 0.468 e. The number of aryl methyl sites for hydroxylation is 1. The van der Waals surface area contributed by atoms with Crippen molar-refractivity contribution in [1.82, 2.24) is 10.3 Å². The Morgan fingerprint density at radius 3 is 2.91 bits per heavy atom. The number of carbonyl (C=O) groups is 1. The SMILES string of the molecule is CC(=O)NCCC1CCc2ccc3nc(C(F)(F)F)oc3c21. The average Bonchev–Trinajstić information content (AvgIpc) is 3.00. The normalized spacial score (nSPS) is 17.7. The van der Waals surface area contributed by atoms with E-state index in [4.69, 9.17) is 4.42 Å². The minimum absolute atomic E-state index is 0.0829. The third-order valence-electron chi connectivity index (χ3n) is 3.97. The predicted molar refractivity (Wildman–Crippen MR) is 73.4 cm³/mol. The molecule has 1 atom stereocenters. The number of halogens is 3. The van der Waals surface area contributed by atoms with Gasteiger partial charge in [0, 0.05) is 19.0 Å². The summed E-state index contributed by atoms with van der Waals surface area (Å²) in [4.78, 5) is 14.5. The first kappa shape index (κ1) is 14.9. The highest BCUT2D eigenvalue weighted by atomic mass is 19.4. The fraction of sp³-hybridized carbons (Fsp3) is 0.467. The van der Waals surface area contributed by atoms with Crippen LogP contribution >= 0.6 is 0 Å². The van der Waals surface area contributed by atoms with Gasteiger partial charge in [-0.3, -0.25) is 4.79 Å². The van der Waals surface area contributed by atoms with Gasteiger partial charge in [0.2, 0.25) is 5.91 Å². The van der Waals surface area contributed by atoms with E-state index in [9.17, 15) is 18.0 Å². The first-order chi connectivity index (χ1) is 10.4. The highest BCUT2D eigenvalue weighted by molar-refractivity contribution is 5.79. The molecule has 0 saturated carbocycles. The summed E-state index contributed by atoms with van der Waals surface area (Å²) in [6, 6.07) is 3.39. The van der Waals surface area contributed by atoms with Crippen LogP contribution in [0.2, 0.25) is 0 Å². The minimum atomic E-state index is -4.59. The van der Waals surface area contributed by atoms with Crippen LogP contribution in [0.15, 0.2) is 16.5 Å². The molecule has 1 unspecified atom stereocenters. The van der Waals surface area contributed by atoms with Crippen LogP contribution in [0.25, 0.3) is 11.1 Å². The van der Waals surface area contributed by atoms with Crippen LogP contribution in [0.5, 0.6) is 0 Å². The fourth-order valence-electron chi connectivity index (χ4n) is 3.03. The zero-order valence-corrected chi connectivity index (χ0v) is 12.0. The van der Waals surface area contributed by atoms with Crippen LogP contribution in [-0.2, 0) is 17.4 Å². The molecule has 1 aliphatic carbocycles. The lowest BCUT2D eigenvalue weighted by atomic mass is 9.97. The standard InChI is InChI=1S/C15H15F3N2O2/c1-8(21)19-7-6-10-3-2-9-4-5-11-13(12(9)10)22-14(20-11)15(16,17)18/h4-5,10H,2-3,6-7H2,1H3,(H,19,21). The van der Waals surface area contributed by atoms with Crippen LogP contribution in [-0.4, -0.2) is 17.4 Å². The molecule has 0 radical (unpaired) electrons. The lowest BCUT2D eigenvalue weighted by Crippen LogP contribution is -2.22. The second-order valence-electron chi connectivity index (χ2n) is 5.51. The molecule has 0 aliphatic heterocycles. The number of alkyl halides is 3. The number of hydrogen-bond donors (Lipinski definition) is 1. The first-order valence-corrected chi connectivity index (χ1v) is 7.10. The second kappa shape index (κ2) is 5.30. The molecule has 118 valence electrons. The van der Waals surface area contributed by atoms with Gasteiger partial charge in [-0.2, -0.15) is 13.2 Å². The van der Waals surface area contributed by atoms with Gasteiger partial charge in [-0.1, -0.05) is 6.07 Å². The van der Waals surface area contributed by atoms with Crippen LogP contribution in [0.3, 0.4) is 0 Å². The van der Waals surface area contributed by atoms with E-state index in [1.54, 1.807) is 6.07 Å². The van der Waals surface area contributed by atoms with Gasteiger partial charge in [0.05, 0.1) is 0 Å². The van der Waals surface area contributed by atoms with Gasteiger partial charge in [0.1, 0.15) is 5.52 Å². The molecule has 1 aromatic heterocycles. The van der Waals surface area contributed by atoms with Crippen molar-refractivity contribution < 1.29 is 22.4 Å². The number of hydrogen-bond acceptors (Lipinski definition) is 3. The monoisotopic (exact) mass is 312 g/mol. The molecule has 4 nitrogen and oxygen atoms in total. The molecule has 1 heterocycles. The predicted octanol–water partition coefficient (Wildman–Crippen LogP) is 3.40. The highest BCUT2D eigenvalue weighted by Crippen LogP contribution is 2.42. The highest BCUT2D eigenvalue weighted by Gasteiger charge is 2.38. The Bertz CT molecular complexity index is 721. The van der Waals surface area contributed by atoms with E-state index in [-0.39, 0.29) is 22.9 Å². The molecule has 0 spiro atoms. The molecule has 1 aliphatic rings. The van der Waals surface area contributed by atoms with Gasteiger partial charge in [-0.25, -0.2) is 4.98 Å². The Morgan fingerprint density at radius 1 is 1.45 bits per heavy atom. The molecule has 1 N–H and O–H groups in total. The topological polar surface area (TPSA) is 55.1 Å². The smallest absolute Gasteiger partial charge is 0.433 e. The molecule has 0 saturated heterocycles. The van der Waals surface area contributed by atoms with Crippen molar-refractivity contribution in [3.8, 4) is 0 Å². The molecule has 22 heavy (non-hydrogen) atoms. The summed E-state index contributed by atoms with van der Waals surface area (Å²) in [6.07, 6.45) is -2.27. The number of oxazole rings is 1. The van der Waals surface area contributed by atoms with Crippen molar-refractivity contribution in [3.05, 3.63) is 29.2 Å². The first-order valence-electron chi connectivity index (χ1n) is 7.10. The number of benzene rings is 1. The van der Waals surface area contributed by atoms with Crippen molar-refractivity contribution >= 4 is 17.0 Å². The Balaban J connectivity index is 1.94. The van der Waals surface area contributed by atoms with Gasteiger partial charge in [0.15, 0.2) is 5.58 Å². The van der Waals surface area contributed by atoms with Crippen molar-refractivity contribution in [3.63, 3.8) is 0 Å². The largest absolute Gasteiger partial charge is 0.468 e. The van der Waals surface area contributed by atoms with Crippen molar-refractivity contribution in [2.45, 2.75) is 38.3 Å². The van der Waals surface area contributed by atoms with E-state index < -0.39 is 12.1 Å². The number of aromatic nitrogens is 1. The summed E-state index contributed by atoms with van der Waals surface area (Å²) in [5.74, 6) is -1.24. The summed E-state index contributed by atoms with van der Waals surface area (Å²) in [5.41, 5.74) is 2.28. The number of fused-ring (bicyclic) bond motifs is 3. The number of rotatable bonds is 3. The molecular formula is C15H15F3N2O2. The van der Waals surface area contributed by atoms with Gasteiger partial charge < -0.3 is 9.73 Å². The molecule has 2 aromatic rings. The maximum atomic E-state index is 12.8. The van der Waals surface area contributed by atoms with Gasteiger partial charge in [-0.15, -0.1) is 0 Å². The summed E-state index contributed by atoms with van der Waals surface area (Å²) in [7, 11) is 0. The molecule has 1 amide bonds. The van der Waals surface area contributed by atoms with Crippen molar-refractivity contribution in [2.24, 2.45) is 0 Å². The van der Waals surface area contributed by atoms with Crippen LogP contribution in [0.1, 0.15) is 42.7 Å². The zero-order valence-electron chi connectivity index (χ0n) is 12.0. The lowest BCUT2D eigenvalue weighted by Gasteiger charge is -2.11. The van der Waals surface area contributed by atoms with Crippen LogP contribution in [0, 0.1) is 0 Å². The summed E-state index contributed by atoms with van der Waals surface area (Å²) in [6.45, 7) is 1.93. The lowest BCUT2D eigenvalue weighted by molar-refractivity contribution is -0.156. The number of carbonyl (C=O) groups excluding carboxylic acids is 1. The van der Waals surface area contributed by atoms with Crippen LogP contribution < -0.4 is 5.32 Å². The third-order valence-corrected chi connectivity index (χ3v) is 3.97. The minimum Gasteiger partial charge on any atom is -0.433 e. The van der Waals surface area contributed by atoms with E-state index in [0.29, 0.717) is 13.0 Å². The van der Waals surface area contributed by atoms with Crippen molar-refractivity contribution in [1.29, 1.82) is 0 Å². The van der Waals surface area contributed by atoms with E-state index in [1.165, 1.54) is 6.92 Å². The molecule has 0 fully saturated rings. The Hall–Kier alpha value is -2.05. The summed E-state index contributed by atoms with van der Waals surface area (Å²) < 4.78 is 43.3. The molecular weight excluding hydrogens is 297 g/mol. The van der Waals surface area contributed by atoms with E-state index in [0.717, 1.165) is 24.0 Å². The zero-order chi connectivity index (χ0) is 15.9. The fourth-order valence-corrected chi connectivity index (χ4v) is 3.03. The van der Waals surface area contributed by atoms with Crippen LogP contribution in [0.4, 0.5) is 13.2 Å². The van der Waals surface area contributed by atoms with E-state index in [2.05, 4.69) is 10.3 Å². The van der Waals surface area contributed by atoms with Crippen molar-refractivity contribution in [2.75, 3.05) is 6.54 Å². The van der Waals surface area contributed by atoms with E-state index in [1.807, 2.05) is 6.07 Å². The Morgan fingerprint density at radius 2 is 2.23 bits per heavy atom.